The van der Waals surface area contributed by atoms with E-state index in [2.05, 4.69) is 139 Å². The smallest absolute Gasteiger partial charge is 0.0619 e. The molecule has 0 aliphatic rings. The zero-order valence-corrected chi connectivity index (χ0v) is 24.9. The summed E-state index contributed by atoms with van der Waals surface area (Å²) in [5.41, 5.74) is 15.2. The fraction of sp³-hybridized carbons (Fsp3) is 0.0476. The molecule has 2 N–H and O–H groups in total. The molecule has 1 heterocycles. The van der Waals surface area contributed by atoms with Crippen LogP contribution in [0.1, 0.15) is 18.9 Å². The summed E-state index contributed by atoms with van der Waals surface area (Å²) >= 11 is 0. The molecule has 7 aromatic rings. The first-order valence-electron chi connectivity index (χ1n) is 15.1. The third-order valence-corrected chi connectivity index (χ3v) is 8.47. The molecular formula is C42H34N2. The molecule has 0 unspecified atom stereocenters. The summed E-state index contributed by atoms with van der Waals surface area (Å²) in [6.07, 6.45) is 10.6. The molecule has 0 atom stereocenters. The summed E-state index contributed by atoms with van der Waals surface area (Å²) in [4.78, 5) is 0. The third kappa shape index (κ3) is 4.81. The van der Waals surface area contributed by atoms with Gasteiger partial charge in [0.15, 0.2) is 0 Å². The van der Waals surface area contributed by atoms with Crippen LogP contribution in [0.3, 0.4) is 0 Å². The van der Waals surface area contributed by atoms with Crippen molar-refractivity contribution in [2.24, 2.45) is 5.73 Å². The Balaban J connectivity index is 1.44. The normalized spacial score (nSPS) is 12.7. The van der Waals surface area contributed by atoms with E-state index in [0.717, 1.165) is 22.5 Å². The number of fused-ring (bicyclic) bond motifs is 6. The standard InChI is InChI=1S/C42H34N2/c1-3-5-14-34(43)23-19-29(4-2)31-20-24-38-32(27-31)22-26-40-39-25-21-33(37-18-11-13-30-12-9-10-17-36(30)37)28-41(39)44(42(38)40)35-15-7-6-8-16-35/h3-22,24-28H,2,23,43H2,1H3/b5-3-,29-19+,34-14-. The first-order chi connectivity index (χ1) is 21.7. The molecule has 0 bridgehead atoms. The number of para-hydroxylation sites is 1. The molecule has 1 aromatic heterocycles. The van der Waals surface area contributed by atoms with Gasteiger partial charge in [0.05, 0.1) is 11.0 Å². The lowest BCUT2D eigenvalue weighted by molar-refractivity contribution is 1.17. The quantitative estimate of drug-likeness (QED) is 0.191. The summed E-state index contributed by atoms with van der Waals surface area (Å²) in [7, 11) is 0. The van der Waals surface area contributed by atoms with Gasteiger partial charge >= 0.3 is 0 Å². The molecule has 0 saturated carbocycles. The maximum Gasteiger partial charge on any atom is 0.0619 e. The predicted molar refractivity (Wildman–Crippen MR) is 191 cm³/mol. The van der Waals surface area contributed by atoms with Crippen LogP contribution in [0.15, 0.2) is 164 Å². The molecule has 0 radical (unpaired) electrons. The lowest BCUT2D eigenvalue weighted by Gasteiger charge is -2.12. The van der Waals surface area contributed by atoms with E-state index in [0.29, 0.717) is 6.42 Å². The molecule has 2 nitrogen and oxygen atoms in total. The number of nitrogens with two attached hydrogens (primary N) is 1. The highest BCUT2D eigenvalue weighted by Crippen LogP contribution is 2.40. The molecule has 6 aromatic carbocycles. The van der Waals surface area contributed by atoms with Crippen molar-refractivity contribution in [3.05, 3.63) is 170 Å². The van der Waals surface area contributed by atoms with Gasteiger partial charge in [0.1, 0.15) is 0 Å². The minimum atomic E-state index is 0.671. The summed E-state index contributed by atoms with van der Waals surface area (Å²) in [6, 6.07) is 44.0. The molecule has 2 heteroatoms. The van der Waals surface area contributed by atoms with Crippen LogP contribution < -0.4 is 5.73 Å². The average molecular weight is 567 g/mol. The number of nitrogens with zero attached hydrogens (tertiary/aromatic N) is 1. The monoisotopic (exact) mass is 566 g/mol. The molecule has 212 valence electrons. The molecular weight excluding hydrogens is 532 g/mol. The molecule has 0 saturated heterocycles. The lowest BCUT2D eigenvalue weighted by atomic mass is 9.97. The van der Waals surface area contributed by atoms with E-state index < -0.39 is 0 Å². The fourth-order valence-corrected chi connectivity index (χ4v) is 6.34. The Kier molecular flexibility index (Phi) is 7.17. The number of hydrogen-bond donors (Lipinski definition) is 1. The van der Waals surface area contributed by atoms with Gasteiger partial charge in [0, 0.05) is 34.0 Å². The van der Waals surface area contributed by atoms with E-state index in [1.165, 1.54) is 54.5 Å². The van der Waals surface area contributed by atoms with E-state index in [1.54, 1.807) is 0 Å². The summed E-state index contributed by atoms with van der Waals surface area (Å²) < 4.78 is 2.43. The van der Waals surface area contributed by atoms with Crippen LogP contribution in [0.5, 0.6) is 0 Å². The summed E-state index contributed by atoms with van der Waals surface area (Å²) in [5.74, 6) is 0. The van der Waals surface area contributed by atoms with Crippen molar-refractivity contribution in [3.63, 3.8) is 0 Å². The van der Waals surface area contributed by atoms with Gasteiger partial charge < -0.3 is 10.3 Å². The second-order valence-electron chi connectivity index (χ2n) is 11.2. The minimum absolute atomic E-state index is 0.671. The van der Waals surface area contributed by atoms with E-state index in [4.69, 9.17) is 5.73 Å². The van der Waals surface area contributed by atoms with E-state index >= 15 is 0 Å². The molecule has 0 aliphatic heterocycles. The molecule has 0 amide bonds. The van der Waals surface area contributed by atoms with Gasteiger partial charge in [-0.15, -0.1) is 0 Å². The number of benzene rings is 6. The van der Waals surface area contributed by atoms with E-state index in [9.17, 15) is 0 Å². The zero-order valence-electron chi connectivity index (χ0n) is 24.9. The Labute approximate surface area is 258 Å². The largest absolute Gasteiger partial charge is 0.402 e. The van der Waals surface area contributed by atoms with Gasteiger partial charge in [-0.05, 0) is 75.7 Å². The number of aromatic nitrogens is 1. The number of hydrogen-bond acceptors (Lipinski definition) is 1. The van der Waals surface area contributed by atoms with Crippen LogP contribution in [-0.2, 0) is 0 Å². The SMILES string of the molecule is C=C/C(=C\C/C(N)=C/C=C\C)c1ccc2c(ccc3c4ccc(-c5cccc6ccccc56)cc4n(-c4ccccc4)c23)c1. The maximum absolute atomic E-state index is 6.21. The zero-order chi connectivity index (χ0) is 30.0. The van der Waals surface area contributed by atoms with Crippen molar-refractivity contribution in [2.75, 3.05) is 0 Å². The van der Waals surface area contributed by atoms with E-state index in [-0.39, 0.29) is 0 Å². The molecule has 0 fully saturated rings. The first kappa shape index (κ1) is 27.2. The Bertz CT molecular complexity index is 2270. The van der Waals surface area contributed by atoms with Crippen LogP contribution in [0.25, 0.3) is 65.7 Å². The van der Waals surface area contributed by atoms with Gasteiger partial charge in [-0.3, -0.25) is 0 Å². The van der Waals surface area contributed by atoms with Crippen molar-refractivity contribution < 1.29 is 0 Å². The Hall–Kier alpha value is -5.60. The topological polar surface area (TPSA) is 30.9 Å². The van der Waals surface area contributed by atoms with Crippen LogP contribution in [0.2, 0.25) is 0 Å². The lowest BCUT2D eigenvalue weighted by Crippen LogP contribution is -1.95. The van der Waals surface area contributed by atoms with Crippen molar-refractivity contribution >= 4 is 48.9 Å². The van der Waals surface area contributed by atoms with Crippen LogP contribution in [0, 0.1) is 0 Å². The van der Waals surface area contributed by atoms with Crippen molar-refractivity contribution in [2.45, 2.75) is 13.3 Å². The van der Waals surface area contributed by atoms with Gasteiger partial charge in [0.25, 0.3) is 0 Å². The first-order valence-corrected chi connectivity index (χ1v) is 15.1. The summed E-state index contributed by atoms with van der Waals surface area (Å²) in [6.45, 7) is 6.08. The van der Waals surface area contributed by atoms with Crippen molar-refractivity contribution in [3.8, 4) is 16.8 Å². The van der Waals surface area contributed by atoms with Crippen LogP contribution >= 0.6 is 0 Å². The maximum atomic E-state index is 6.21. The molecule has 7 rings (SSSR count). The van der Waals surface area contributed by atoms with Gasteiger partial charge in [0.2, 0.25) is 0 Å². The Morgan fingerprint density at radius 1 is 0.727 bits per heavy atom. The third-order valence-electron chi connectivity index (χ3n) is 8.47. The second-order valence-corrected chi connectivity index (χ2v) is 11.2. The highest BCUT2D eigenvalue weighted by molar-refractivity contribution is 6.19. The van der Waals surface area contributed by atoms with Gasteiger partial charge in [-0.2, -0.15) is 0 Å². The fourth-order valence-electron chi connectivity index (χ4n) is 6.34. The highest BCUT2D eigenvalue weighted by Gasteiger charge is 2.17. The van der Waals surface area contributed by atoms with Crippen molar-refractivity contribution in [1.29, 1.82) is 0 Å². The molecule has 44 heavy (non-hydrogen) atoms. The highest BCUT2D eigenvalue weighted by atomic mass is 15.0. The Morgan fingerprint density at radius 2 is 1.50 bits per heavy atom. The van der Waals surface area contributed by atoms with Crippen molar-refractivity contribution in [1.82, 2.24) is 4.57 Å². The second kappa shape index (κ2) is 11.6. The summed E-state index contributed by atoms with van der Waals surface area (Å²) in [5, 5.41) is 7.41. The Morgan fingerprint density at radius 3 is 2.34 bits per heavy atom. The number of allylic oxidation sites excluding steroid dienone is 6. The predicted octanol–water partition coefficient (Wildman–Crippen LogP) is 11.1. The average Bonchev–Trinajstić information content (AvgIpc) is 3.41. The van der Waals surface area contributed by atoms with Crippen LogP contribution in [-0.4, -0.2) is 4.57 Å². The minimum Gasteiger partial charge on any atom is -0.402 e. The molecule has 0 aliphatic carbocycles. The number of rotatable bonds is 7. The van der Waals surface area contributed by atoms with Gasteiger partial charge in [-0.25, -0.2) is 0 Å². The van der Waals surface area contributed by atoms with E-state index in [1.807, 2.05) is 31.2 Å². The van der Waals surface area contributed by atoms with Gasteiger partial charge in [-0.1, -0.05) is 128 Å². The molecule has 0 spiro atoms. The van der Waals surface area contributed by atoms with Crippen LogP contribution in [0.4, 0.5) is 0 Å².